The van der Waals surface area contributed by atoms with Gasteiger partial charge in [-0.05, 0) is 25.9 Å². The van der Waals surface area contributed by atoms with Crippen LogP contribution in [0.5, 0.6) is 0 Å². The van der Waals surface area contributed by atoms with Gasteiger partial charge in [0.1, 0.15) is 6.10 Å². The number of ether oxygens (including phenoxy) is 1. The Balaban J connectivity index is 2.08. The van der Waals surface area contributed by atoms with E-state index in [0.717, 1.165) is 32.4 Å². The molecule has 1 spiro atoms. The molecule has 1 atom stereocenters. The first-order chi connectivity index (χ1) is 6.27. The molecule has 0 aliphatic carbocycles. The van der Waals surface area contributed by atoms with Crippen molar-refractivity contribution in [2.45, 2.75) is 25.4 Å². The van der Waals surface area contributed by atoms with Crippen LogP contribution in [0, 0.1) is 5.41 Å². The molecule has 74 valence electrons. The van der Waals surface area contributed by atoms with E-state index in [0.29, 0.717) is 6.54 Å². The summed E-state index contributed by atoms with van der Waals surface area (Å²) in [6.45, 7) is 2.31. The van der Waals surface area contributed by atoms with Gasteiger partial charge in [-0.15, -0.1) is 0 Å². The third kappa shape index (κ3) is 1.44. The minimum Gasteiger partial charge on any atom is -0.461 e. The molecular formula is C9H16N2O2. The summed E-state index contributed by atoms with van der Waals surface area (Å²) in [7, 11) is 0. The fraction of sp³-hybridized carbons (Fsp3) is 0.889. The molecule has 0 aromatic rings. The van der Waals surface area contributed by atoms with E-state index in [2.05, 4.69) is 5.32 Å². The van der Waals surface area contributed by atoms with Crippen LogP contribution in [0.4, 0.5) is 0 Å². The van der Waals surface area contributed by atoms with Gasteiger partial charge in [-0.25, -0.2) is 0 Å². The first kappa shape index (κ1) is 8.97. The number of carbonyl (C=O) groups is 1. The van der Waals surface area contributed by atoms with Crippen molar-refractivity contribution < 1.29 is 9.53 Å². The molecule has 0 aromatic carbocycles. The Morgan fingerprint density at radius 1 is 1.54 bits per heavy atom. The second-order valence-electron chi connectivity index (χ2n) is 4.00. The number of nitrogens with one attached hydrogen (secondary N) is 1. The van der Waals surface area contributed by atoms with Crippen LogP contribution in [0.15, 0.2) is 0 Å². The van der Waals surface area contributed by atoms with Crippen LogP contribution in [0.25, 0.3) is 0 Å². The van der Waals surface area contributed by atoms with Gasteiger partial charge in [0.05, 0.1) is 5.41 Å². The number of cyclic esters (lactones) is 1. The van der Waals surface area contributed by atoms with Gasteiger partial charge < -0.3 is 15.8 Å². The fourth-order valence-corrected chi connectivity index (χ4v) is 2.28. The van der Waals surface area contributed by atoms with E-state index in [1.807, 2.05) is 0 Å². The maximum atomic E-state index is 11.6. The number of piperidine rings is 1. The molecule has 4 nitrogen and oxygen atoms in total. The van der Waals surface area contributed by atoms with E-state index in [4.69, 9.17) is 10.5 Å². The van der Waals surface area contributed by atoms with Gasteiger partial charge in [-0.2, -0.15) is 0 Å². The summed E-state index contributed by atoms with van der Waals surface area (Å²) in [5.41, 5.74) is 5.29. The van der Waals surface area contributed by atoms with Crippen LogP contribution in [0.1, 0.15) is 19.3 Å². The zero-order chi connectivity index (χ0) is 9.31. The number of hydrogen-bond donors (Lipinski definition) is 2. The Bertz CT molecular complexity index is 212. The summed E-state index contributed by atoms with van der Waals surface area (Å²) >= 11 is 0. The van der Waals surface area contributed by atoms with Gasteiger partial charge in [0, 0.05) is 13.0 Å². The number of esters is 1. The van der Waals surface area contributed by atoms with Crippen molar-refractivity contribution in [1.29, 1.82) is 0 Å². The molecule has 0 saturated carbocycles. The van der Waals surface area contributed by atoms with E-state index < -0.39 is 0 Å². The summed E-state index contributed by atoms with van der Waals surface area (Å²) in [6.07, 6.45) is 2.60. The summed E-state index contributed by atoms with van der Waals surface area (Å²) in [6, 6.07) is 0. The highest BCUT2D eigenvalue weighted by molar-refractivity contribution is 5.79. The van der Waals surface area contributed by atoms with E-state index in [9.17, 15) is 4.79 Å². The van der Waals surface area contributed by atoms with E-state index in [1.165, 1.54) is 0 Å². The highest BCUT2D eigenvalue weighted by Gasteiger charge is 2.48. The van der Waals surface area contributed by atoms with Crippen LogP contribution in [0.3, 0.4) is 0 Å². The SMILES string of the molecule is NCC1CC2(CCNCC2)C(=O)O1. The molecule has 4 heteroatoms. The van der Waals surface area contributed by atoms with Crippen molar-refractivity contribution in [3.05, 3.63) is 0 Å². The Kier molecular flexibility index (Phi) is 2.26. The topological polar surface area (TPSA) is 64.3 Å². The highest BCUT2D eigenvalue weighted by atomic mass is 16.6. The van der Waals surface area contributed by atoms with Crippen LogP contribution in [-0.4, -0.2) is 31.7 Å². The number of hydrogen-bond acceptors (Lipinski definition) is 4. The van der Waals surface area contributed by atoms with Crippen LogP contribution >= 0.6 is 0 Å². The molecule has 0 bridgehead atoms. The van der Waals surface area contributed by atoms with Gasteiger partial charge in [-0.1, -0.05) is 0 Å². The van der Waals surface area contributed by atoms with Crippen molar-refractivity contribution in [2.24, 2.45) is 11.1 Å². The lowest BCUT2D eigenvalue weighted by Gasteiger charge is -2.29. The van der Waals surface area contributed by atoms with Gasteiger partial charge in [0.25, 0.3) is 0 Å². The average molecular weight is 184 g/mol. The van der Waals surface area contributed by atoms with Crippen molar-refractivity contribution in [3.8, 4) is 0 Å². The Morgan fingerprint density at radius 2 is 2.23 bits per heavy atom. The monoisotopic (exact) mass is 184 g/mol. The molecule has 1 unspecified atom stereocenters. The summed E-state index contributed by atoms with van der Waals surface area (Å²) < 4.78 is 5.21. The molecule has 2 fully saturated rings. The van der Waals surface area contributed by atoms with Gasteiger partial charge in [-0.3, -0.25) is 4.79 Å². The van der Waals surface area contributed by atoms with Crippen molar-refractivity contribution in [2.75, 3.05) is 19.6 Å². The minimum atomic E-state index is -0.199. The third-order valence-electron chi connectivity index (χ3n) is 3.15. The molecular weight excluding hydrogens is 168 g/mol. The molecule has 0 radical (unpaired) electrons. The zero-order valence-corrected chi connectivity index (χ0v) is 7.71. The predicted octanol–water partition coefficient (Wildman–Crippen LogP) is -0.370. The summed E-state index contributed by atoms with van der Waals surface area (Å²) in [4.78, 5) is 11.6. The molecule has 2 heterocycles. The molecule has 2 aliphatic heterocycles. The van der Waals surface area contributed by atoms with Crippen LogP contribution in [0.2, 0.25) is 0 Å². The lowest BCUT2D eigenvalue weighted by molar-refractivity contribution is -0.149. The molecule has 3 N–H and O–H groups in total. The largest absolute Gasteiger partial charge is 0.461 e. The number of carbonyl (C=O) groups excluding carboxylic acids is 1. The van der Waals surface area contributed by atoms with Crippen molar-refractivity contribution in [1.82, 2.24) is 5.32 Å². The molecule has 0 amide bonds. The molecule has 2 aliphatic rings. The second kappa shape index (κ2) is 3.27. The quantitative estimate of drug-likeness (QED) is 0.546. The lowest BCUT2D eigenvalue weighted by atomic mass is 9.76. The van der Waals surface area contributed by atoms with Gasteiger partial charge in [0.15, 0.2) is 0 Å². The summed E-state index contributed by atoms with van der Waals surface area (Å²) in [5, 5.41) is 3.25. The van der Waals surface area contributed by atoms with E-state index in [-0.39, 0.29) is 17.5 Å². The summed E-state index contributed by atoms with van der Waals surface area (Å²) in [5.74, 6) is -0.0237. The lowest BCUT2D eigenvalue weighted by Crippen LogP contribution is -2.39. The second-order valence-corrected chi connectivity index (χ2v) is 4.00. The Labute approximate surface area is 77.8 Å². The number of rotatable bonds is 1. The van der Waals surface area contributed by atoms with Crippen molar-refractivity contribution in [3.63, 3.8) is 0 Å². The first-order valence-corrected chi connectivity index (χ1v) is 4.89. The molecule has 2 rings (SSSR count). The standard InChI is InChI=1S/C9H16N2O2/c10-6-7-5-9(8(12)13-7)1-3-11-4-2-9/h7,11H,1-6,10H2. The Hall–Kier alpha value is -0.610. The van der Waals surface area contributed by atoms with E-state index in [1.54, 1.807) is 0 Å². The van der Waals surface area contributed by atoms with Crippen LogP contribution < -0.4 is 11.1 Å². The maximum Gasteiger partial charge on any atom is 0.312 e. The van der Waals surface area contributed by atoms with Crippen molar-refractivity contribution >= 4 is 5.97 Å². The van der Waals surface area contributed by atoms with Gasteiger partial charge >= 0.3 is 5.97 Å². The molecule has 0 aromatic heterocycles. The third-order valence-corrected chi connectivity index (χ3v) is 3.15. The van der Waals surface area contributed by atoms with E-state index >= 15 is 0 Å². The fourth-order valence-electron chi connectivity index (χ4n) is 2.28. The van der Waals surface area contributed by atoms with Gasteiger partial charge in [0.2, 0.25) is 0 Å². The molecule has 2 saturated heterocycles. The predicted molar refractivity (Wildman–Crippen MR) is 48.1 cm³/mol. The first-order valence-electron chi connectivity index (χ1n) is 4.89. The highest BCUT2D eigenvalue weighted by Crippen LogP contribution is 2.41. The van der Waals surface area contributed by atoms with Crippen LogP contribution in [-0.2, 0) is 9.53 Å². The number of nitrogens with two attached hydrogens (primary N) is 1. The zero-order valence-electron chi connectivity index (χ0n) is 7.71. The smallest absolute Gasteiger partial charge is 0.312 e. The molecule has 13 heavy (non-hydrogen) atoms. The Morgan fingerprint density at radius 3 is 2.77 bits per heavy atom. The minimum absolute atomic E-state index is 0.0237. The normalized spacial score (nSPS) is 32.1. The average Bonchev–Trinajstić information content (AvgIpc) is 2.45. The maximum absolute atomic E-state index is 11.6.